The molecule has 4 rings (SSSR count). The van der Waals surface area contributed by atoms with E-state index in [0.29, 0.717) is 10.8 Å². The normalized spacial score (nSPS) is 11.8. The maximum absolute atomic E-state index is 13.8. The number of hydrogen-bond donors (Lipinski definition) is 2. The van der Waals surface area contributed by atoms with Gasteiger partial charge in [-0.1, -0.05) is 28.8 Å². The standard InChI is InChI=1S/C24H20ClFN4O5/c1-24(2,3)35-23(33)29-28-19-11-10-17(20(27-19)34-18-12-13(26)8-9-16(18)25)30-21(31)14-6-4-5-7-15(14)22(30)32/h4-12,31-32H,1-3H3. The number of carbonyl (C=O) groups is 1. The summed E-state index contributed by atoms with van der Waals surface area (Å²) in [6, 6.07) is 13.0. The lowest BCUT2D eigenvalue weighted by Crippen LogP contribution is -2.21. The van der Waals surface area contributed by atoms with Crippen LogP contribution in [0.3, 0.4) is 0 Å². The lowest BCUT2D eigenvalue weighted by Gasteiger charge is -2.16. The van der Waals surface area contributed by atoms with Crippen LogP contribution in [0.15, 0.2) is 64.8 Å². The van der Waals surface area contributed by atoms with Crippen LogP contribution in [0.25, 0.3) is 16.5 Å². The first-order valence-corrected chi connectivity index (χ1v) is 10.7. The van der Waals surface area contributed by atoms with E-state index in [9.17, 15) is 19.4 Å². The Morgan fingerprint density at radius 3 is 2.34 bits per heavy atom. The molecule has 0 radical (unpaired) electrons. The minimum Gasteiger partial charge on any atom is -0.494 e. The van der Waals surface area contributed by atoms with Crippen LogP contribution in [0.4, 0.5) is 15.0 Å². The van der Waals surface area contributed by atoms with Gasteiger partial charge in [-0.3, -0.25) is 0 Å². The molecule has 0 fully saturated rings. The molecule has 2 N–H and O–H groups in total. The van der Waals surface area contributed by atoms with Gasteiger partial charge >= 0.3 is 6.09 Å². The SMILES string of the molecule is CC(C)(C)OC(=O)N=Nc1ccc(-n2c(O)c3ccccc3c2O)c(Oc2cc(F)ccc2Cl)n1. The first kappa shape index (κ1) is 24.0. The van der Waals surface area contributed by atoms with Crippen molar-refractivity contribution in [2.24, 2.45) is 10.2 Å². The third-order valence-electron chi connectivity index (χ3n) is 4.63. The predicted molar refractivity (Wildman–Crippen MR) is 127 cm³/mol. The molecule has 2 aromatic carbocycles. The van der Waals surface area contributed by atoms with E-state index in [1.807, 2.05) is 0 Å². The van der Waals surface area contributed by atoms with Gasteiger partial charge in [0.2, 0.25) is 17.6 Å². The van der Waals surface area contributed by atoms with Gasteiger partial charge in [-0.15, -0.1) is 5.11 Å². The van der Waals surface area contributed by atoms with Gasteiger partial charge < -0.3 is 19.7 Å². The summed E-state index contributed by atoms with van der Waals surface area (Å²) in [6.07, 6.45) is -0.925. The molecule has 180 valence electrons. The Labute approximate surface area is 204 Å². The number of pyridine rings is 1. The third kappa shape index (κ3) is 5.17. The van der Waals surface area contributed by atoms with Gasteiger partial charge in [0.15, 0.2) is 11.6 Å². The molecule has 0 saturated carbocycles. The highest BCUT2D eigenvalue weighted by Gasteiger charge is 2.22. The molecule has 0 spiro atoms. The second-order valence-electron chi connectivity index (χ2n) is 8.38. The van der Waals surface area contributed by atoms with Crippen molar-refractivity contribution in [3.05, 3.63) is 65.4 Å². The first-order chi connectivity index (χ1) is 16.5. The summed E-state index contributed by atoms with van der Waals surface area (Å²) in [7, 11) is 0. The number of ether oxygens (including phenoxy) is 2. The number of nitrogens with zero attached hydrogens (tertiary/aromatic N) is 4. The molecule has 0 aliphatic carbocycles. The fourth-order valence-corrected chi connectivity index (χ4v) is 3.36. The Morgan fingerprint density at radius 1 is 1.06 bits per heavy atom. The van der Waals surface area contributed by atoms with Crippen LogP contribution in [0.5, 0.6) is 23.4 Å². The van der Waals surface area contributed by atoms with Crippen molar-refractivity contribution in [3.63, 3.8) is 0 Å². The fourth-order valence-electron chi connectivity index (χ4n) is 3.20. The Morgan fingerprint density at radius 2 is 1.71 bits per heavy atom. The van der Waals surface area contributed by atoms with Gasteiger partial charge in [-0.05, 0) is 57.2 Å². The maximum atomic E-state index is 13.8. The van der Waals surface area contributed by atoms with E-state index in [0.717, 1.165) is 16.7 Å². The second-order valence-corrected chi connectivity index (χ2v) is 8.79. The highest BCUT2D eigenvalue weighted by Crippen LogP contribution is 2.42. The van der Waals surface area contributed by atoms with Gasteiger partial charge in [0.25, 0.3) is 0 Å². The van der Waals surface area contributed by atoms with E-state index in [-0.39, 0.29) is 39.9 Å². The largest absolute Gasteiger partial charge is 0.494 e. The number of benzene rings is 2. The lowest BCUT2D eigenvalue weighted by molar-refractivity contribution is 0.0592. The van der Waals surface area contributed by atoms with Gasteiger partial charge in [-0.2, -0.15) is 4.98 Å². The van der Waals surface area contributed by atoms with E-state index in [1.165, 1.54) is 18.2 Å². The molecule has 2 aromatic heterocycles. The summed E-state index contributed by atoms with van der Waals surface area (Å²) in [4.78, 5) is 16.1. The molecule has 35 heavy (non-hydrogen) atoms. The zero-order chi connectivity index (χ0) is 25.3. The summed E-state index contributed by atoms with van der Waals surface area (Å²) < 4.78 is 25.8. The number of aromatic hydroxyl groups is 2. The number of azo groups is 1. The monoisotopic (exact) mass is 498 g/mol. The summed E-state index contributed by atoms with van der Waals surface area (Å²) in [5.41, 5.74) is -0.672. The quantitative estimate of drug-likeness (QED) is 0.291. The minimum atomic E-state index is -0.925. The number of hydrogen-bond acceptors (Lipinski definition) is 7. The van der Waals surface area contributed by atoms with E-state index in [4.69, 9.17) is 21.1 Å². The molecule has 11 heteroatoms. The van der Waals surface area contributed by atoms with Crippen LogP contribution in [0, 0.1) is 5.82 Å². The number of amides is 1. The molecular weight excluding hydrogens is 479 g/mol. The van der Waals surface area contributed by atoms with Crippen molar-refractivity contribution in [3.8, 4) is 29.1 Å². The summed E-state index contributed by atoms with van der Waals surface area (Å²) in [5.74, 6) is -1.50. The van der Waals surface area contributed by atoms with Gasteiger partial charge in [0, 0.05) is 16.8 Å². The van der Waals surface area contributed by atoms with Crippen molar-refractivity contribution >= 4 is 34.3 Å². The molecule has 0 unspecified atom stereocenters. The minimum absolute atomic E-state index is 0.0576. The second kappa shape index (κ2) is 9.22. The number of carbonyl (C=O) groups excluding carboxylic acids is 1. The topological polar surface area (TPSA) is 119 Å². The van der Waals surface area contributed by atoms with Crippen molar-refractivity contribution in [2.75, 3.05) is 0 Å². The molecule has 1 amide bonds. The fraction of sp³-hybridized carbons (Fsp3) is 0.167. The number of rotatable bonds is 4. The number of aromatic nitrogens is 2. The van der Waals surface area contributed by atoms with Crippen LogP contribution >= 0.6 is 11.6 Å². The smallest absolute Gasteiger partial charge is 0.453 e. The average Bonchev–Trinajstić information content (AvgIpc) is 3.04. The van der Waals surface area contributed by atoms with Gasteiger partial charge in [0.05, 0.1) is 5.02 Å². The van der Waals surface area contributed by atoms with Crippen LogP contribution in [0.1, 0.15) is 20.8 Å². The summed E-state index contributed by atoms with van der Waals surface area (Å²) >= 11 is 6.15. The molecular formula is C24H20ClFN4O5. The van der Waals surface area contributed by atoms with E-state index >= 15 is 0 Å². The third-order valence-corrected chi connectivity index (χ3v) is 4.94. The van der Waals surface area contributed by atoms with E-state index in [2.05, 4.69) is 15.2 Å². The molecule has 0 aliphatic rings. The zero-order valence-corrected chi connectivity index (χ0v) is 19.6. The highest BCUT2D eigenvalue weighted by atomic mass is 35.5. The lowest BCUT2D eigenvalue weighted by atomic mass is 10.2. The molecule has 2 heterocycles. The van der Waals surface area contributed by atoms with Crippen molar-refractivity contribution < 1.29 is 28.9 Å². The van der Waals surface area contributed by atoms with Gasteiger partial charge in [-0.25, -0.2) is 13.8 Å². The Kier molecular flexibility index (Phi) is 6.31. The molecule has 0 bridgehead atoms. The summed E-state index contributed by atoms with van der Waals surface area (Å²) in [6.45, 7) is 5.05. The van der Waals surface area contributed by atoms with Crippen LogP contribution in [-0.2, 0) is 4.74 Å². The zero-order valence-electron chi connectivity index (χ0n) is 18.9. The Hall–Kier alpha value is -4.18. The molecule has 9 nitrogen and oxygen atoms in total. The number of halogens is 2. The predicted octanol–water partition coefficient (Wildman–Crippen LogP) is 7.04. The molecule has 0 atom stereocenters. The van der Waals surface area contributed by atoms with E-state index in [1.54, 1.807) is 45.0 Å². The molecule has 0 aliphatic heterocycles. The highest BCUT2D eigenvalue weighted by molar-refractivity contribution is 6.32. The van der Waals surface area contributed by atoms with Crippen molar-refractivity contribution in [2.45, 2.75) is 26.4 Å². The van der Waals surface area contributed by atoms with Crippen molar-refractivity contribution in [1.29, 1.82) is 0 Å². The molecule has 4 aromatic rings. The average molecular weight is 499 g/mol. The Balaban J connectivity index is 1.82. The van der Waals surface area contributed by atoms with Gasteiger partial charge in [0.1, 0.15) is 17.1 Å². The van der Waals surface area contributed by atoms with Crippen LogP contribution < -0.4 is 4.74 Å². The van der Waals surface area contributed by atoms with E-state index < -0.39 is 17.5 Å². The van der Waals surface area contributed by atoms with Crippen molar-refractivity contribution in [1.82, 2.24) is 9.55 Å². The molecule has 0 saturated heterocycles. The summed E-state index contributed by atoms with van der Waals surface area (Å²) in [5, 5.41) is 29.7. The first-order valence-electron chi connectivity index (χ1n) is 10.3. The maximum Gasteiger partial charge on any atom is 0.453 e. The number of fused-ring (bicyclic) bond motifs is 1. The van der Waals surface area contributed by atoms with Crippen LogP contribution in [-0.4, -0.2) is 31.5 Å². The Bertz CT molecular complexity index is 1420. The van der Waals surface area contributed by atoms with Crippen LogP contribution in [0.2, 0.25) is 5.02 Å².